The summed E-state index contributed by atoms with van der Waals surface area (Å²) in [6.07, 6.45) is 7.92. The molecule has 4 atom stereocenters. The Balaban J connectivity index is 1.24. The predicted molar refractivity (Wildman–Crippen MR) is 96.6 cm³/mol. The quantitative estimate of drug-likeness (QED) is 0.462. The Kier molecular flexibility index (Phi) is 6.29. The minimum atomic E-state index is 0.485. The Morgan fingerprint density at radius 3 is 2.70 bits per heavy atom. The molecule has 0 bridgehead atoms. The summed E-state index contributed by atoms with van der Waals surface area (Å²) in [7, 11) is 0. The number of carbonyl (C=O) groups excluding carboxylic acids is 1. The van der Waals surface area contributed by atoms with Gasteiger partial charge in [0.05, 0.1) is 6.61 Å². The molecule has 0 unspecified atom stereocenters. The van der Waals surface area contributed by atoms with Crippen LogP contribution in [0, 0.1) is 17.8 Å². The molecule has 1 aromatic carbocycles. The lowest BCUT2D eigenvalue weighted by atomic mass is 9.96. The van der Waals surface area contributed by atoms with Crippen molar-refractivity contribution < 1.29 is 9.53 Å². The molecule has 2 nitrogen and oxygen atoms in total. The summed E-state index contributed by atoms with van der Waals surface area (Å²) in [5.74, 6) is 2.56. The van der Waals surface area contributed by atoms with Crippen molar-refractivity contribution in [2.75, 3.05) is 6.61 Å². The molecule has 3 heteroatoms. The topological polar surface area (TPSA) is 26.3 Å². The van der Waals surface area contributed by atoms with E-state index in [1.54, 1.807) is 0 Å². The van der Waals surface area contributed by atoms with Crippen LogP contribution >= 0.6 is 15.9 Å². The third-order valence-corrected chi connectivity index (χ3v) is 6.93. The van der Waals surface area contributed by atoms with E-state index in [0.29, 0.717) is 22.4 Å². The second-order valence-corrected chi connectivity index (χ2v) is 8.26. The molecule has 0 amide bonds. The SMILES string of the molecule is O=C1C[C@@H]2C[C@@H](CCCCCOCc3ccccc3)[C@@H](Br)[C@@H]2C1. The van der Waals surface area contributed by atoms with Gasteiger partial charge in [-0.1, -0.05) is 59.1 Å². The molecule has 2 aliphatic carbocycles. The summed E-state index contributed by atoms with van der Waals surface area (Å²) in [4.78, 5) is 12.1. The number of carbonyl (C=O) groups is 1. The number of ether oxygens (including phenoxy) is 1. The van der Waals surface area contributed by atoms with Gasteiger partial charge in [0, 0.05) is 24.3 Å². The second kappa shape index (κ2) is 8.43. The van der Waals surface area contributed by atoms with Crippen LogP contribution in [0.25, 0.3) is 0 Å². The van der Waals surface area contributed by atoms with E-state index in [2.05, 4.69) is 40.2 Å². The van der Waals surface area contributed by atoms with Crippen LogP contribution < -0.4 is 0 Å². The molecular formula is C20H27BrO2. The molecule has 0 heterocycles. The lowest BCUT2D eigenvalue weighted by Gasteiger charge is -2.17. The van der Waals surface area contributed by atoms with Crippen LogP contribution in [-0.2, 0) is 16.1 Å². The van der Waals surface area contributed by atoms with Gasteiger partial charge in [-0.05, 0) is 42.6 Å². The standard InChI is InChI=1S/C20H27BrO2/c21-20-16(11-17-12-18(22)13-19(17)20)9-5-2-6-10-23-14-15-7-3-1-4-8-15/h1,3-4,7-8,16-17,19-20H,2,5-6,9-14H2/t16-,17+,19-,20-/m1/s1. The maximum absolute atomic E-state index is 11.5. The Labute approximate surface area is 148 Å². The summed E-state index contributed by atoms with van der Waals surface area (Å²) in [6.45, 7) is 1.58. The van der Waals surface area contributed by atoms with Gasteiger partial charge in [-0.3, -0.25) is 4.79 Å². The van der Waals surface area contributed by atoms with Gasteiger partial charge in [0.1, 0.15) is 5.78 Å². The van der Waals surface area contributed by atoms with Gasteiger partial charge in [-0.25, -0.2) is 0 Å². The number of fused-ring (bicyclic) bond motifs is 1. The number of ketones is 1. The van der Waals surface area contributed by atoms with Gasteiger partial charge >= 0.3 is 0 Å². The third kappa shape index (κ3) is 4.67. The smallest absolute Gasteiger partial charge is 0.133 e. The first-order valence-corrected chi connectivity index (χ1v) is 9.93. The van der Waals surface area contributed by atoms with Gasteiger partial charge in [-0.2, -0.15) is 0 Å². The van der Waals surface area contributed by atoms with E-state index in [1.165, 1.54) is 31.2 Å². The van der Waals surface area contributed by atoms with Crippen molar-refractivity contribution in [2.45, 2.75) is 56.4 Å². The van der Waals surface area contributed by atoms with Crippen molar-refractivity contribution in [3.05, 3.63) is 35.9 Å². The van der Waals surface area contributed by atoms with Crippen molar-refractivity contribution in [3.8, 4) is 0 Å². The fourth-order valence-electron chi connectivity index (χ4n) is 4.28. The molecule has 126 valence electrons. The number of halogens is 1. The third-order valence-electron chi connectivity index (χ3n) is 5.50. The average molecular weight is 379 g/mol. The maximum Gasteiger partial charge on any atom is 0.133 e. The molecule has 2 fully saturated rings. The summed E-state index contributed by atoms with van der Waals surface area (Å²) in [5, 5.41) is 0. The van der Waals surface area contributed by atoms with E-state index in [4.69, 9.17) is 4.74 Å². The first-order chi connectivity index (χ1) is 11.2. The molecule has 2 aliphatic rings. The highest BCUT2D eigenvalue weighted by Gasteiger charge is 2.46. The molecule has 0 aliphatic heterocycles. The van der Waals surface area contributed by atoms with E-state index in [-0.39, 0.29) is 0 Å². The second-order valence-electron chi connectivity index (χ2n) is 7.20. The van der Waals surface area contributed by atoms with Crippen LogP contribution in [0.5, 0.6) is 0 Å². The molecular weight excluding hydrogens is 352 g/mol. The van der Waals surface area contributed by atoms with Crippen LogP contribution in [0.4, 0.5) is 0 Å². The average Bonchev–Trinajstić information content (AvgIpc) is 3.05. The number of alkyl halides is 1. The molecule has 0 aromatic heterocycles. The summed E-state index contributed by atoms with van der Waals surface area (Å²) < 4.78 is 5.74. The summed E-state index contributed by atoms with van der Waals surface area (Å²) in [6, 6.07) is 10.4. The Bertz CT molecular complexity index is 502. The van der Waals surface area contributed by atoms with Crippen LogP contribution in [-0.4, -0.2) is 17.2 Å². The number of rotatable bonds is 8. The highest BCUT2D eigenvalue weighted by Crippen LogP contribution is 2.50. The molecule has 0 saturated heterocycles. The number of hydrogen-bond acceptors (Lipinski definition) is 2. The molecule has 1 aromatic rings. The number of unbranched alkanes of at least 4 members (excludes halogenated alkanes) is 2. The van der Waals surface area contributed by atoms with E-state index >= 15 is 0 Å². The van der Waals surface area contributed by atoms with E-state index < -0.39 is 0 Å². The van der Waals surface area contributed by atoms with Crippen molar-refractivity contribution in [3.63, 3.8) is 0 Å². The Morgan fingerprint density at radius 1 is 1.09 bits per heavy atom. The minimum absolute atomic E-state index is 0.485. The van der Waals surface area contributed by atoms with E-state index in [1.807, 2.05) is 6.07 Å². The van der Waals surface area contributed by atoms with E-state index in [0.717, 1.165) is 38.4 Å². The molecule has 0 N–H and O–H groups in total. The fourth-order valence-corrected chi connectivity index (χ4v) is 5.38. The van der Waals surface area contributed by atoms with Crippen molar-refractivity contribution in [2.24, 2.45) is 17.8 Å². The minimum Gasteiger partial charge on any atom is -0.377 e. The molecule has 2 saturated carbocycles. The number of hydrogen-bond donors (Lipinski definition) is 0. The van der Waals surface area contributed by atoms with Crippen LogP contribution in [0.3, 0.4) is 0 Å². The number of Topliss-reactive ketones (excluding diaryl/α,β-unsaturated/α-hetero) is 1. The van der Waals surface area contributed by atoms with Gasteiger partial charge in [-0.15, -0.1) is 0 Å². The van der Waals surface area contributed by atoms with Gasteiger partial charge in [0.15, 0.2) is 0 Å². The summed E-state index contributed by atoms with van der Waals surface area (Å²) in [5.41, 5.74) is 1.25. The van der Waals surface area contributed by atoms with Crippen LogP contribution in [0.1, 0.15) is 50.5 Å². The highest BCUT2D eigenvalue weighted by atomic mass is 79.9. The largest absolute Gasteiger partial charge is 0.377 e. The number of benzene rings is 1. The fraction of sp³-hybridized carbons (Fsp3) is 0.650. The van der Waals surface area contributed by atoms with Crippen LogP contribution in [0.2, 0.25) is 0 Å². The lowest BCUT2D eigenvalue weighted by Crippen LogP contribution is -2.15. The molecule has 23 heavy (non-hydrogen) atoms. The predicted octanol–water partition coefficient (Wildman–Crippen LogP) is 5.14. The van der Waals surface area contributed by atoms with Gasteiger partial charge in [0.25, 0.3) is 0 Å². The maximum atomic E-state index is 11.5. The zero-order valence-electron chi connectivity index (χ0n) is 13.8. The lowest BCUT2D eigenvalue weighted by molar-refractivity contribution is -0.117. The van der Waals surface area contributed by atoms with Crippen LogP contribution in [0.15, 0.2) is 30.3 Å². The van der Waals surface area contributed by atoms with Crippen molar-refractivity contribution >= 4 is 21.7 Å². The molecule has 3 rings (SSSR count). The highest BCUT2D eigenvalue weighted by molar-refractivity contribution is 9.09. The zero-order valence-corrected chi connectivity index (χ0v) is 15.3. The van der Waals surface area contributed by atoms with Gasteiger partial charge in [0.2, 0.25) is 0 Å². The first-order valence-electron chi connectivity index (χ1n) is 9.01. The normalized spacial score (nSPS) is 29.9. The molecule has 0 spiro atoms. The zero-order chi connectivity index (χ0) is 16.1. The van der Waals surface area contributed by atoms with E-state index in [9.17, 15) is 4.79 Å². The first kappa shape index (κ1) is 17.2. The Morgan fingerprint density at radius 2 is 1.91 bits per heavy atom. The van der Waals surface area contributed by atoms with Crippen molar-refractivity contribution in [1.82, 2.24) is 0 Å². The van der Waals surface area contributed by atoms with Crippen molar-refractivity contribution in [1.29, 1.82) is 0 Å². The molecule has 0 radical (unpaired) electrons. The van der Waals surface area contributed by atoms with Gasteiger partial charge < -0.3 is 4.74 Å². The summed E-state index contributed by atoms with van der Waals surface area (Å²) >= 11 is 3.88. The Hall–Kier alpha value is -0.670. The monoisotopic (exact) mass is 378 g/mol.